The molecular weight excluding hydrogens is 380 g/mol. The first-order chi connectivity index (χ1) is 14.3. The fraction of sp³-hybridized carbons (Fsp3) is 0.522. The minimum Gasteiger partial charge on any atom is -0.466 e. The summed E-state index contributed by atoms with van der Waals surface area (Å²) < 4.78 is 11.0. The van der Waals surface area contributed by atoms with Gasteiger partial charge in [-0.1, -0.05) is 12.1 Å². The van der Waals surface area contributed by atoms with Crippen LogP contribution < -0.4 is 5.32 Å². The van der Waals surface area contributed by atoms with Crippen molar-refractivity contribution in [1.29, 1.82) is 0 Å². The van der Waals surface area contributed by atoms with Gasteiger partial charge in [-0.05, 0) is 71.7 Å². The summed E-state index contributed by atoms with van der Waals surface area (Å²) in [6.07, 6.45) is 2.44. The molecule has 1 fully saturated rings. The molecule has 30 heavy (non-hydrogen) atoms. The number of hydrogen-bond donors (Lipinski definition) is 1. The number of nitrogens with one attached hydrogen (secondary N) is 1. The fourth-order valence-corrected chi connectivity index (χ4v) is 4.23. The Morgan fingerprint density at radius 1 is 1.27 bits per heavy atom. The number of fused-ring (bicyclic) bond motifs is 1. The Labute approximate surface area is 176 Å². The molecule has 3 aromatic rings. The molecule has 1 atom stereocenters. The van der Waals surface area contributed by atoms with E-state index in [0.29, 0.717) is 40.6 Å². The van der Waals surface area contributed by atoms with Crippen molar-refractivity contribution in [2.75, 3.05) is 19.6 Å². The van der Waals surface area contributed by atoms with E-state index in [4.69, 9.17) is 8.94 Å². The van der Waals surface area contributed by atoms with Gasteiger partial charge in [0.05, 0.1) is 22.3 Å². The number of amides is 1. The number of likely N-dealkylation sites (tertiary alicyclic amines) is 1. The Kier molecular flexibility index (Phi) is 5.64. The zero-order valence-corrected chi connectivity index (χ0v) is 18.4. The van der Waals surface area contributed by atoms with Gasteiger partial charge in [-0.3, -0.25) is 9.69 Å². The summed E-state index contributed by atoms with van der Waals surface area (Å²) in [4.78, 5) is 20.2. The monoisotopic (exact) mass is 410 g/mol. The topological polar surface area (TPSA) is 84.4 Å². The van der Waals surface area contributed by atoms with Gasteiger partial charge in [0.1, 0.15) is 11.5 Å². The van der Waals surface area contributed by atoms with Crippen LogP contribution in [0.2, 0.25) is 0 Å². The van der Waals surface area contributed by atoms with Gasteiger partial charge < -0.3 is 14.3 Å². The van der Waals surface area contributed by atoms with E-state index >= 15 is 0 Å². The Hall–Kier alpha value is -2.67. The molecule has 0 saturated carbocycles. The minimum atomic E-state index is -0.134. The Morgan fingerprint density at radius 2 is 2.00 bits per heavy atom. The third-order valence-corrected chi connectivity index (χ3v) is 6.18. The minimum absolute atomic E-state index is 0.134. The molecule has 1 saturated heterocycles. The first kappa shape index (κ1) is 20.6. The van der Waals surface area contributed by atoms with Crippen LogP contribution in [-0.4, -0.2) is 46.6 Å². The molecule has 3 aromatic heterocycles. The van der Waals surface area contributed by atoms with Gasteiger partial charge in [0.2, 0.25) is 0 Å². The molecule has 0 aliphatic carbocycles. The number of carbonyl (C=O) groups excluding carboxylic acids is 1. The molecule has 0 bridgehead atoms. The molecule has 1 N–H and O–H groups in total. The van der Waals surface area contributed by atoms with E-state index in [1.807, 2.05) is 32.9 Å². The van der Waals surface area contributed by atoms with Crippen molar-refractivity contribution in [3.8, 4) is 11.3 Å². The maximum Gasteiger partial charge on any atom is 0.259 e. The van der Waals surface area contributed by atoms with Crippen LogP contribution in [0.5, 0.6) is 0 Å². The van der Waals surface area contributed by atoms with Crippen molar-refractivity contribution in [3.63, 3.8) is 0 Å². The fourth-order valence-electron chi connectivity index (χ4n) is 4.23. The lowest BCUT2D eigenvalue weighted by Gasteiger charge is -2.35. The van der Waals surface area contributed by atoms with Crippen LogP contribution >= 0.6 is 0 Å². The molecule has 1 aliphatic rings. The number of carbonyl (C=O) groups is 1. The van der Waals surface area contributed by atoms with E-state index in [2.05, 4.69) is 34.2 Å². The zero-order valence-electron chi connectivity index (χ0n) is 18.4. The summed E-state index contributed by atoms with van der Waals surface area (Å²) in [5, 5.41) is 7.80. The zero-order chi connectivity index (χ0) is 21.4. The van der Waals surface area contributed by atoms with Gasteiger partial charge in [0.25, 0.3) is 11.6 Å². The van der Waals surface area contributed by atoms with Crippen LogP contribution in [0, 0.1) is 26.7 Å². The van der Waals surface area contributed by atoms with Crippen LogP contribution in [0.1, 0.15) is 54.3 Å². The lowest BCUT2D eigenvalue weighted by molar-refractivity contribution is 0.0923. The predicted octanol–water partition coefficient (Wildman–Crippen LogP) is 4.26. The summed E-state index contributed by atoms with van der Waals surface area (Å²) in [6, 6.07) is 4.03. The second-order valence-electron chi connectivity index (χ2n) is 8.61. The van der Waals surface area contributed by atoms with Gasteiger partial charge >= 0.3 is 0 Å². The highest BCUT2D eigenvalue weighted by molar-refractivity contribution is 6.07. The molecule has 0 aromatic carbocycles. The number of hydrogen-bond acceptors (Lipinski definition) is 6. The molecule has 1 amide bonds. The average Bonchev–Trinajstić information content (AvgIpc) is 3.27. The van der Waals surface area contributed by atoms with E-state index in [0.717, 1.165) is 36.1 Å². The summed E-state index contributed by atoms with van der Waals surface area (Å²) in [5.41, 5.74) is 3.06. The molecule has 1 aliphatic heterocycles. The molecule has 7 heteroatoms. The number of aryl methyl sites for hydroxylation is 3. The van der Waals surface area contributed by atoms with Crippen LogP contribution in [0.3, 0.4) is 0 Å². The summed E-state index contributed by atoms with van der Waals surface area (Å²) in [6.45, 7) is 12.9. The highest BCUT2D eigenvalue weighted by Crippen LogP contribution is 2.30. The summed E-state index contributed by atoms with van der Waals surface area (Å²) in [5.74, 6) is 2.21. The van der Waals surface area contributed by atoms with Gasteiger partial charge in [-0.15, -0.1) is 0 Å². The number of pyridine rings is 1. The third kappa shape index (κ3) is 3.99. The van der Waals surface area contributed by atoms with E-state index in [9.17, 15) is 4.79 Å². The predicted molar refractivity (Wildman–Crippen MR) is 115 cm³/mol. The Morgan fingerprint density at radius 3 is 2.67 bits per heavy atom. The number of rotatable bonds is 5. The SMILES string of the molecule is Cc1cc(-c2cc(C(=O)NCC(C)N3CCC(C)CC3)c3c(C)noc3n2)c(C)o1. The van der Waals surface area contributed by atoms with E-state index in [-0.39, 0.29) is 5.91 Å². The standard InChI is InChI=1S/C23H30N4O3/c1-13-6-8-27(9-7-13)14(2)12-24-22(28)19-11-20(18-10-15(3)29-17(18)5)25-23-21(19)16(4)26-30-23/h10-11,13-14H,6-9,12H2,1-5H3,(H,24,28). The first-order valence-corrected chi connectivity index (χ1v) is 10.7. The van der Waals surface area contributed by atoms with Crippen molar-refractivity contribution >= 4 is 17.0 Å². The smallest absolute Gasteiger partial charge is 0.259 e. The average molecular weight is 411 g/mol. The van der Waals surface area contributed by atoms with Crippen LogP contribution in [0.25, 0.3) is 22.4 Å². The van der Waals surface area contributed by atoms with Gasteiger partial charge in [0.15, 0.2) is 0 Å². The molecule has 0 radical (unpaired) electrons. The van der Waals surface area contributed by atoms with Crippen molar-refractivity contribution in [1.82, 2.24) is 20.4 Å². The largest absolute Gasteiger partial charge is 0.466 e. The number of furan rings is 1. The quantitative estimate of drug-likeness (QED) is 0.677. The maximum atomic E-state index is 13.2. The molecule has 4 rings (SSSR count). The van der Waals surface area contributed by atoms with Crippen LogP contribution in [-0.2, 0) is 0 Å². The molecule has 4 heterocycles. The highest BCUT2D eigenvalue weighted by Gasteiger charge is 2.23. The second-order valence-corrected chi connectivity index (χ2v) is 8.61. The van der Waals surface area contributed by atoms with Gasteiger partial charge in [-0.2, -0.15) is 0 Å². The van der Waals surface area contributed by atoms with E-state index in [1.165, 1.54) is 12.8 Å². The lowest BCUT2D eigenvalue weighted by atomic mass is 9.98. The number of piperidine rings is 1. The van der Waals surface area contributed by atoms with Crippen LogP contribution in [0.4, 0.5) is 0 Å². The van der Waals surface area contributed by atoms with Crippen molar-refractivity contribution in [2.45, 2.75) is 53.5 Å². The van der Waals surface area contributed by atoms with Crippen molar-refractivity contribution < 1.29 is 13.7 Å². The van der Waals surface area contributed by atoms with E-state index < -0.39 is 0 Å². The molecular formula is C23H30N4O3. The van der Waals surface area contributed by atoms with E-state index in [1.54, 1.807) is 0 Å². The Bertz CT molecular complexity index is 1060. The summed E-state index contributed by atoms with van der Waals surface area (Å²) >= 11 is 0. The maximum absolute atomic E-state index is 13.2. The molecule has 0 spiro atoms. The van der Waals surface area contributed by atoms with Crippen molar-refractivity contribution in [3.05, 3.63) is 34.9 Å². The lowest BCUT2D eigenvalue weighted by Crippen LogP contribution is -2.45. The normalized spacial score (nSPS) is 16.8. The second kappa shape index (κ2) is 8.22. The number of nitrogens with zero attached hydrogens (tertiary/aromatic N) is 3. The first-order valence-electron chi connectivity index (χ1n) is 10.7. The molecule has 7 nitrogen and oxygen atoms in total. The van der Waals surface area contributed by atoms with Gasteiger partial charge in [-0.25, -0.2) is 4.98 Å². The molecule has 1 unspecified atom stereocenters. The van der Waals surface area contributed by atoms with Crippen molar-refractivity contribution in [2.24, 2.45) is 5.92 Å². The molecule has 160 valence electrons. The van der Waals surface area contributed by atoms with Gasteiger partial charge in [0, 0.05) is 18.2 Å². The van der Waals surface area contributed by atoms with Crippen LogP contribution in [0.15, 0.2) is 21.1 Å². The third-order valence-electron chi connectivity index (χ3n) is 6.18. The summed E-state index contributed by atoms with van der Waals surface area (Å²) in [7, 11) is 0. The Balaban J connectivity index is 1.58. The highest BCUT2D eigenvalue weighted by atomic mass is 16.5. The number of aromatic nitrogens is 2.